The van der Waals surface area contributed by atoms with E-state index >= 15 is 0 Å². The van der Waals surface area contributed by atoms with E-state index in [4.69, 9.17) is 4.99 Å². The van der Waals surface area contributed by atoms with Crippen LogP contribution in [0.5, 0.6) is 0 Å². The standard InChI is InChI=1S/C43H41N3OS/c1-29-20-23-35(24-21-29)46-37(30-14-8-5-9-15-30)26-32(40(46)31-16-10-6-11-17-31)28-44-42-39(41(47)45-34-18-12-7-13-19-34)36-25-22-33(43(2,3)4)27-38(36)48-42/h5-21,23-24,26,28,33H,22,25,27H2,1-4H3,(H,45,47)/t33-/m1/s1. The average molecular weight is 648 g/mol. The molecule has 4 nitrogen and oxygen atoms in total. The quantitative estimate of drug-likeness (QED) is 0.172. The highest BCUT2D eigenvalue weighted by atomic mass is 32.1. The van der Waals surface area contributed by atoms with Crippen LogP contribution in [0.3, 0.4) is 0 Å². The van der Waals surface area contributed by atoms with Crippen molar-refractivity contribution in [1.82, 2.24) is 4.57 Å². The highest BCUT2D eigenvalue weighted by Crippen LogP contribution is 2.46. The third kappa shape index (κ3) is 6.43. The number of thiophene rings is 1. The van der Waals surface area contributed by atoms with E-state index in [-0.39, 0.29) is 11.3 Å². The van der Waals surface area contributed by atoms with Gasteiger partial charge in [-0.1, -0.05) is 117 Å². The minimum Gasteiger partial charge on any atom is -0.322 e. The fourth-order valence-corrected chi connectivity index (χ4v) is 8.05. The van der Waals surface area contributed by atoms with Crippen molar-refractivity contribution >= 4 is 34.1 Å². The van der Waals surface area contributed by atoms with E-state index in [2.05, 4.69) is 116 Å². The van der Waals surface area contributed by atoms with Crippen molar-refractivity contribution in [3.63, 3.8) is 0 Å². The van der Waals surface area contributed by atoms with Gasteiger partial charge in [-0.3, -0.25) is 4.79 Å². The first-order valence-corrected chi connectivity index (χ1v) is 17.6. The van der Waals surface area contributed by atoms with Gasteiger partial charge in [0.05, 0.1) is 17.0 Å². The lowest BCUT2D eigenvalue weighted by Gasteiger charge is -2.33. The molecule has 5 heteroatoms. The van der Waals surface area contributed by atoms with Crippen LogP contribution in [0.25, 0.3) is 28.2 Å². The number of aliphatic imine (C=N–C) groups is 1. The molecule has 1 amide bonds. The molecule has 0 saturated carbocycles. The van der Waals surface area contributed by atoms with Gasteiger partial charge in [0.15, 0.2) is 0 Å². The van der Waals surface area contributed by atoms with Gasteiger partial charge in [-0.05, 0) is 84.5 Å². The number of rotatable bonds is 7. The lowest BCUT2D eigenvalue weighted by Crippen LogP contribution is -2.27. The Morgan fingerprint density at radius 3 is 2.12 bits per heavy atom. The number of nitrogens with zero attached hydrogens (tertiary/aromatic N) is 2. The normalized spacial score (nSPS) is 14.6. The molecule has 48 heavy (non-hydrogen) atoms. The molecule has 1 atom stereocenters. The van der Waals surface area contributed by atoms with Gasteiger partial charge in [0.2, 0.25) is 0 Å². The van der Waals surface area contributed by atoms with Crippen LogP contribution in [0.2, 0.25) is 0 Å². The number of carbonyl (C=O) groups is 1. The van der Waals surface area contributed by atoms with Crippen molar-refractivity contribution in [2.45, 2.75) is 47.0 Å². The average Bonchev–Trinajstić information content (AvgIpc) is 3.67. The zero-order chi connectivity index (χ0) is 33.3. The molecule has 0 bridgehead atoms. The number of benzene rings is 4. The molecule has 4 aromatic carbocycles. The van der Waals surface area contributed by atoms with E-state index in [0.717, 1.165) is 69.3 Å². The topological polar surface area (TPSA) is 46.4 Å². The predicted molar refractivity (Wildman–Crippen MR) is 202 cm³/mol. The Bertz CT molecular complexity index is 2070. The van der Waals surface area contributed by atoms with Crippen molar-refractivity contribution in [3.8, 4) is 28.2 Å². The highest BCUT2D eigenvalue weighted by Gasteiger charge is 2.34. The Labute approximate surface area is 287 Å². The SMILES string of the molecule is Cc1ccc(-n2c(-c3ccccc3)cc(C=Nc3sc4c(c3C(=O)Nc3ccccc3)CC[C@@H](C(C)(C)C)C4)c2-c2ccccc2)cc1. The summed E-state index contributed by atoms with van der Waals surface area (Å²) in [7, 11) is 0. The second-order valence-electron chi connectivity index (χ2n) is 13.8. The fraction of sp³-hybridized carbons (Fsp3) is 0.209. The molecule has 0 spiro atoms. The first kappa shape index (κ1) is 31.6. The van der Waals surface area contributed by atoms with Crippen molar-refractivity contribution in [1.29, 1.82) is 0 Å². The number of hydrogen-bond donors (Lipinski definition) is 1. The number of nitrogens with one attached hydrogen (secondary N) is 1. The van der Waals surface area contributed by atoms with Crippen LogP contribution >= 0.6 is 11.3 Å². The molecule has 0 radical (unpaired) electrons. The number of fused-ring (bicyclic) bond motifs is 1. The molecule has 0 aliphatic heterocycles. The molecule has 1 aliphatic carbocycles. The van der Waals surface area contributed by atoms with Crippen LogP contribution in [-0.2, 0) is 12.8 Å². The number of aryl methyl sites for hydroxylation is 1. The van der Waals surface area contributed by atoms with Gasteiger partial charge in [0.1, 0.15) is 5.00 Å². The molecule has 0 fully saturated rings. The van der Waals surface area contributed by atoms with E-state index in [0.29, 0.717) is 11.5 Å². The largest absolute Gasteiger partial charge is 0.322 e. The monoisotopic (exact) mass is 647 g/mol. The minimum atomic E-state index is -0.0921. The number of anilines is 1. The second kappa shape index (κ2) is 13.2. The molecule has 1 N–H and O–H groups in total. The molecule has 2 heterocycles. The van der Waals surface area contributed by atoms with Gasteiger partial charge in [-0.25, -0.2) is 4.99 Å². The van der Waals surface area contributed by atoms with E-state index < -0.39 is 0 Å². The second-order valence-corrected chi connectivity index (χ2v) is 14.9. The Kier molecular flexibility index (Phi) is 8.72. The summed E-state index contributed by atoms with van der Waals surface area (Å²) in [6, 6.07) is 41.6. The smallest absolute Gasteiger partial charge is 0.259 e. The van der Waals surface area contributed by atoms with Crippen LogP contribution in [-0.4, -0.2) is 16.7 Å². The molecule has 1 aliphatic rings. The lowest BCUT2D eigenvalue weighted by molar-refractivity contribution is 0.102. The number of para-hydroxylation sites is 1. The number of carbonyl (C=O) groups excluding carboxylic acids is 1. The molecule has 7 rings (SSSR count). The van der Waals surface area contributed by atoms with Crippen LogP contribution in [0.1, 0.15) is 59.1 Å². The number of hydrogen-bond acceptors (Lipinski definition) is 3. The first-order valence-electron chi connectivity index (χ1n) is 16.7. The third-order valence-corrected chi connectivity index (χ3v) is 10.7. The van der Waals surface area contributed by atoms with Gasteiger partial charge in [0, 0.05) is 28.0 Å². The third-order valence-electron chi connectivity index (χ3n) is 9.49. The Morgan fingerprint density at radius 2 is 1.48 bits per heavy atom. The molecular weight excluding hydrogens is 607 g/mol. The summed E-state index contributed by atoms with van der Waals surface area (Å²) in [5.74, 6) is 0.470. The molecular formula is C43H41N3OS. The summed E-state index contributed by atoms with van der Waals surface area (Å²) >= 11 is 1.68. The van der Waals surface area contributed by atoms with E-state index in [1.807, 2.05) is 48.7 Å². The molecule has 240 valence electrons. The van der Waals surface area contributed by atoms with Gasteiger partial charge in [0.25, 0.3) is 5.91 Å². The summed E-state index contributed by atoms with van der Waals surface area (Å²) in [6.07, 6.45) is 4.90. The lowest BCUT2D eigenvalue weighted by atomic mass is 9.72. The van der Waals surface area contributed by atoms with Gasteiger partial charge >= 0.3 is 0 Å². The van der Waals surface area contributed by atoms with Crippen molar-refractivity contribution in [3.05, 3.63) is 148 Å². The summed E-state index contributed by atoms with van der Waals surface area (Å²) in [4.78, 5) is 20.5. The van der Waals surface area contributed by atoms with E-state index in [1.165, 1.54) is 10.4 Å². The van der Waals surface area contributed by atoms with Crippen molar-refractivity contribution < 1.29 is 4.79 Å². The van der Waals surface area contributed by atoms with Gasteiger partial charge < -0.3 is 9.88 Å². The zero-order valence-corrected chi connectivity index (χ0v) is 28.9. The molecule has 2 aromatic heterocycles. The molecule has 0 unspecified atom stereocenters. The fourth-order valence-electron chi connectivity index (χ4n) is 6.78. The minimum absolute atomic E-state index is 0.0921. The van der Waals surface area contributed by atoms with Crippen LogP contribution in [0.15, 0.2) is 126 Å². The van der Waals surface area contributed by atoms with Crippen LogP contribution in [0.4, 0.5) is 10.7 Å². The van der Waals surface area contributed by atoms with Crippen molar-refractivity contribution in [2.24, 2.45) is 16.3 Å². The zero-order valence-electron chi connectivity index (χ0n) is 28.0. The first-order chi connectivity index (χ1) is 23.3. The number of amides is 1. The number of aromatic nitrogens is 1. The maximum Gasteiger partial charge on any atom is 0.259 e. The summed E-state index contributed by atoms with van der Waals surface area (Å²) in [5.41, 5.74) is 10.5. The molecule has 6 aromatic rings. The van der Waals surface area contributed by atoms with Crippen LogP contribution < -0.4 is 5.32 Å². The van der Waals surface area contributed by atoms with Gasteiger partial charge in [-0.2, -0.15) is 0 Å². The highest BCUT2D eigenvalue weighted by molar-refractivity contribution is 7.16. The predicted octanol–water partition coefficient (Wildman–Crippen LogP) is 11.3. The Morgan fingerprint density at radius 1 is 0.854 bits per heavy atom. The van der Waals surface area contributed by atoms with Gasteiger partial charge in [-0.15, -0.1) is 11.3 Å². The Hall–Kier alpha value is -5.00. The maximum atomic E-state index is 14.0. The van der Waals surface area contributed by atoms with Crippen molar-refractivity contribution in [2.75, 3.05) is 5.32 Å². The van der Waals surface area contributed by atoms with E-state index in [1.54, 1.807) is 11.3 Å². The van der Waals surface area contributed by atoms with E-state index in [9.17, 15) is 4.79 Å². The summed E-state index contributed by atoms with van der Waals surface area (Å²) in [6.45, 7) is 9.09. The maximum absolute atomic E-state index is 14.0. The molecule has 0 saturated heterocycles. The summed E-state index contributed by atoms with van der Waals surface area (Å²) < 4.78 is 2.34. The summed E-state index contributed by atoms with van der Waals surface area (Å²) in [5, 5.41) is 3.93. The Balaban J connectivity index is 1.39. The van der Waals surface area contributed by atoms with Crippen LogP contribution in [0, 0.1) is 18.3 Å².